The van der Waals surface area contributed by atoms with Gasteiger partial charge in [-0.3, -0.25) is 0 Å². The number of ether oxygens (including phenoxy) is 1. The summed E-state index contributed by atoms with van der Waals surface area (Å²) in [4.78, 5) is 12.1. The lowest BCUT2D eigenvalue weighted by atomic mass is 9.82. The Morgan fingerprint density at radius 1 is 0.897 bits per heavy atom. The standard InChI is InChI=1S/C24H45NO4/c1-2-3-4-5-6-7-8-9-10-11-12-13-14-15-16-17-18-29-22-24(21-26)19-25(20-24)23(27)28/h9-10,26H,2-8,11-22H2,1H3,(H,27,28)/b10-9-. The van der Waals surface area contributed by atoms with Crippen LogP contribution < -0.4 is 0 Å². The van der Waals surface area contributed by atoms with Crippen LogP contribution in [0.3, 0.4) is 0 Å². The molecule has 1 rings (SSSR count). The summed E-state index contributed by atoms with van der Waals surface area (Å²) in [6.45, 7) is 4.18. The van der Waals surface area contributed by atoms with Crippen molar-refractivity contribution in [2.75, 3.05) is 32.9 Å². The van der Waals surface area contributed by atoms with Crippen molar-refractivity contribution < 1.29 is 19.7 Å². The van der Waals surface area contributed by atoms with Crippen LogP contribution in [0.4, 0.5) is 4.79 Å². The second-order valence-electron chi connectivity index (χ2n) is 8.79. The van der Waals surface area contributed by atoms with E-state index < -0.39 is 6.09 Å². The minimum atomic E-state index is -0.914. The van der Waals surface area contributed by atoms with Gasteiger partial charge in [0.05, 0.1) is 18.6 Å². The van der Waals surface area contributed by atoms with Gasteiger partial charge in [0.2, 0.25) is 0 Å². The first-order chi connectivity index (χ1) is 14.1. The first-order valence-electron chi connectivity index (χ1n) is 11.9. The predicted molar refractivity (Wildman–Crippen MR) is 119 cm³/mol. The molecule has 0 radical (unpaired) electrons. The third kappa shape index (κ3) is 12.3. The number of aliphatic hydroxyl groups excluding tert-OH is 1. The number of likely N-dealkylation sites (tertiary alicyclic amines) is 1. The number of unbranched alkanes of at least 4 members (excludes halogenated alkanes) is 12. The number of carboxylic acid groups (broad SMARTS) is 1. The van der Waals surface area contributed by atoms with E-state index in [1.165, 1.54) is 88.4 Å². The number of amides is 1. The Morgan fingerprint density at radius 3 is 1.93 bits per heavy atom. The van der Waals surface area contributed by atoms with Gasteiger partial charge in [-0.05, 0) is 32.1 Å². The molecular formula is C24H45NO4. The van der Waals surface area contributed by atoms with Crippen molar-refractivity contribution >= 4 is 6.09 Å². The van der Waals surface area contributed by atoms with E-state index >= 15 is 0 Å². The van der Waals surface area contributed by atoms with Crippen molar-refractivity contribution in [1.29, 1.82) is 0 Å². The summed E-state index contributed by atoms with van der Waals surface area (Å²) in [5.41, 5.74) is -0.374. The van der Waals surface area contributed by atoms with Gasteiger partial charge in [0.15, 0.2) is 0 Å². The first kappa shape index (κ1) is 26.0. The second kappa shape index (κ2) is 16.7. The highest BCUT2D eigenvalue weighted by Gasteiger charge is 2.45. The maximum absolute atomic E-state index is 10.8. The molecule has 0 aliphatic carbocycles. The van der Waals surface area contributed by atoms with Gasteiger partial charge in [0.1, 0.15) is 0 Å². The van der Waals surface area contributed by atoms with E-state index in [1.807, 2.05) is 0 Å². The quantitative estimate of drug-likeness (QED) is 0.202. The molecule has 1 saturated heterocycles. The normalized spacial score (nSPS) is 15.7. The van der Waals surface area contributed by atoms with E-state index in [-0.39, 0.29) is 12.0 Å². The van der Waals surface area contributed by atoms with Crippen LogP contribution in [0.1, 0.15) is 96.8 Å². The molecule has 0 aromatic carbocycles. The molecule has 2 N–H and O–H groups in total. The molecule has 0 bridgehead atoms. The lowest BCUT2D eigenvalue weighted by Gasteiger charge is -2.47. The number of rotatable bonds is 19. The zero-order valence-electron chi connectivity index (χ0n) is 18.7. The van der Waals surface area contributed by atoms with Crippen molar-refractivity contribution in [1.82, 2.24) is 4.90 Å². The average Bonchev–Trinajstić information content (AvgIpc) is 2.68. The van der Waals surface area contributed by atoms with Gasteiger partial charge in [-0.15, -0.1) is 0 Å². The number of hydrogen-bond acceptors (Lipinski definition) is 3. The molecular weight excluding hydrogens is 366 g/mol. The lowest BCUT2D eigenvalue weighted by Crippen LogP contribution is -2.62. The number of aliphatic hydroxyl groups is 1. The molecule has 170 valence electrons. The molecule has 5 heteroatoms. The summed E-state index contributed by atoms with van der Waals surface area (Å²) in [6.07, 6.45) is 21.9. The predicted octanol–water partition coefficient (Wildman–Crippen LogP) is 6.01. The molecule has 1 fully saturated rings. The Bertz CT molecular complexity index is 433. The molecule has 1 amide bonds. The molecule has 0 saturated carbocycles. The van der Waals surface area contributed by atoms with Crippen LogP contribution in [0.2, 0.25) is 0 Å². The fourth-order valence-electron chi connectivity index (χ4n) is 3.88. The number of carbonyl (C=O) groups is 1. The highest BCUT2D eigenvalue weighted by atomic mass is 16.5. The number of hydrogen-bond donors (Lipinski definition) is 2. The summed E-state index contributed by atoms with van der Waals surface area (Å²) in [6, 6.07) is 0. The van der Waals surface area contributed by atoms with Crippen LogP contribution in [0.15, 0.2) is 12.2 Å². The third-order valence-electron chi connectivity index (χ3n) is 5.87. The van der Waals surface area contributed by atoms with E-state index in [4.69, 9.17) is 9.84 Å². The van der Waals surface area contributed by atoms with Crippen LogP contribution in [0, 0.1) is 5.41 Å². The van der Waals surface area contributed by atoms with Crippen LogP contribution in [0.25, 0.3) is 0 Å². The monoisotopic (exact) mass is 411 g/mol. The van der Waals surface area contributed by atoms with Crippen LogP contribution >= 0.6 is 0 Å². The summed E-state index contributed by atoms with van der Waals surface area (Å²) in [5, 5.41) is 18.4. The molecule has 0 unspecified atom stereocenters. The molecule has 1 aliphatic heterocycles. The van der Waals surface area contributed by atoms with Crippen LogP contribution in [-0.4, -0.2) is 54.1 Å². The van der Waals surface area contributed by atoms with E-state index in [2.05, 4.69) is 19.1 Å². The van der Waals surface area contributed by atoms with Crippen molar-refractivity contribution in [3.63, 3.8) is 0 Å². The fraction of sp³-hybridized carbons (Fsp3) is 0.875. The first-order valence-corrected chi connectivity index (χ1v) is 11.9. The molecule has 0 aromatic heterocycles. The fourth-order valence-corrected chi connectivity index (χ4v) is 3.88. The molecule has 29 heavy (non-hydrogen) atoms. The Hall–Kier alpha value is -1.07. The van der Waals surface area contributed by atoms with Crippen molar-refractivity contribution in [2.24, 2.45) is 5.41 Å². The van der Waals surface area contributed by atoms with Gasteiger partial charge in [-0.1, -0.05) is 76.9 Å². The molecule has 0 spiro atoms. The van der Waals surface area contributed by atoms with Gasteiger partial charge in [0, 0.05) is 19.7 Å². The van der Waals surface area contributed by atoms with Crippen LogP contribution in [-0.2, 0) is 4.74 Å². The largest absolute Gasteiger partial charge is 0.465 e. The van der Waals surface area contributed by atoms with Gasteiger partial charge in [0.25, 0.3) is 0 Å². The molecule has 5 nitrogen and oxygen atoms in total. The highest BCUT2D eigenvalue weighted by molar-refractivity contribution is 5.66. The van der Waals surface area contributed by atoms with Crippen molar-refractivity contribution in [2.45, 2.75) is 96.8 Å². The molecule has 0 atom stereocenters. The van der Waals surface area contributed by atoms with Crippen LogP contribution in [0.5, 0.6) is 0 Å². The number of allylic oxidation sites excluding steroid dienone is 2. The minimum Gasteiger partial charge on any atom is -0.465 e. The second-order valence-corrected chi connectivity index (χ2v) is 8.79. The average molecular weight is 412 g/mol. The van der Waals surface area contributed by atoms with Crippen molar-refractivity contribution in [3.8, 4) is 0 Å². The zero-order chi connectivity index (χ0) is 21.2. The molecule has 1 aliphatic rings. The maximum atomic E-state index is 10.8. The smallest absolute Gasteiger partial charge is 0.407 e. The highest BCUT2D eigenvalue weighted by Crippen LogP contribution is 2.30. The maximum Gasteiger partial charge on any atom is 0.407 e. The number of nitrogens with zero attached hydrogens (tertiary/aromatic N) is 1. The summed E-state index contributed by atoms with van der Waals surface area (Å²) in [7, 11) is 0. The van der Waals surface area contributed by atoms with Crippen molar-refractivity contribution in [3.05, 3.63) is 12.2 Å². The third-order valence-corrected chi connectivity index (χ3v) is 5.87. The summed E-state index contributed by atoms with van der Waals surface area (Å²) in [5.74, 6) is 0. The molecule has 0 aromatic rings. The summed E-state index contributed by atoms with van der Waals surface area (Å²) < 4.78 is 5.69. The zero-order valence-corrected chi connectivity index (χ0v) is 18.7. The van der Waals surface area contributed by atoms with E-state index in [9.17, 15) is 9.90 Å². The lowest BCUT2D eigenvalue weighted by molar-refractivity contribution is -0.0825. The van der Waals surface area contributed by atoms with Gasteiger partial charge in [-0.25, -0.2) is 4.79 Å². The Kier molecular flexibility index (Phi) is 15.0. The van der Waals surface area contributed by atoms with Gasteiger partial charge >= 0.3 is 6.09 Å². The Balaban J connectivity index is 1.80. The molecule has 1 heterocycles. The topological polar surface area (TPSA) is 70.0 Å². The van der Waals surface area contributed by atoms with E-state index in [1.54, 1.807) is 0 Å². The Morgan fingerprint density at radius 2 is 1.41 bits per heavy atom. The van der Waals surface area contributed by atoms with Gasteiger partial charge in [-0.2, -0.15) is 0 Å². The summed E-state index contributed by atoms with van der Waals surface area (Å²) >= 11 is 0. The SMILES string of the molecule is CCCCCCCC/C=C\CCCCCCCCOCC1(CO)CN(C(=O)O)C1. The Labute approximate surface area is 178 Å². The van der Waals surface area contributed by atoms with E-state index in [0.29, 0.717) is 26.3 Å². The van der Waals surface area contributed by atoms with E-state index in [0.717, 1.165) is 6.42 Å². The van der Waals surface area contributed by atoms with Gasteiger partial charge < -0.3 is 19.8 Å². The minimum absolute atomic E-state index is 0.00974.